The van der Waals surface area contributed by atoms with Crippen molar-refractivity contribution in [3.8, 4) is 0 Å². The minimum absolute atomic E-state index is 0.246. The summed E-state index contributed by atoms with van der Waals surface area (Å²) in [6, 6.07) is 0. The predicted octanol–water partition coefficient (Wildman–Crippen LogP) is 1.50. The quantitative estimate of drug-likeness (QED) is 0.860. The van der Waals surface area contributed by atoms with Crippen molar-refractivity contribution >= 4 is 17.2 Å². The van der Waals surface area contributed by atoms with Gasteiger partial charge in [0, 0.05) is 50.6 Å². The van der Waals surface area contributed by atoms with Crippen LogP contribution in [0.4, 0.5) is 0 Å². The molecule has 0 spiro atoms. The summed E-state index contributed by atoms with van der Waals surface area (Å²) in [5.41, 5.74) is -0.0600. The van der Waals surface area contributed by atoms with E-state index in [0.717, 1.165) is 56.3 Å². The number of piperazine rings is 1. The first-order chi connectivity index (χ1) is 12.5. The average molecular weight is 379 g/mol. The zero-order valence-electron chi connectivity index (χ0n) is 15.7. The lowest BCUT2D eigenvalue weighted by Crippen LogP contribution is -2.48. The summed E-state index contributed by atoms with van der Waals surface area (Å²) >= 11 is 1.65. The molecular weight excluding hydrogens is 348 g/mol. The topological polar surface area (TPSA) is 59.9 Å². The number of rotatable bonds is 4. The molecule has 7 heteroatoms. The number of hydrogen-bond donors (Lipinski definition) is 1. The molecule has 1 aromatic rings. The highest BCUT2D eigenvalue weighted by molar-refractivity contribution is 7.09. The average Bonchev–Trinajstić information content (AvgIpc) is 3.05. The monoisotopic (exact) mass is 378 g/mol. The van der Waals surface area contributed by atoms with E-state index < -0.39 is 5.60 Å². The lowest BCUT2D eigenvalue weighted by molar-refractivity contribution is -0.142. The largest absolute Gasteiger partial charge is 0.383 e. The van der Waals surface area contributed by atoms with Gasteiger partial charge in [0.2, 0.25) is 5.91 Å². The highest BCUT2D eigenvalue weighted by Crippen LogP contribution is 2.36. The Labute approximate surface area is 159 Å². The van der Waals surface area contributed by atoms with Crippen molar-refractivity contribution in [3.05, 3.63) is 16.1 Å². The van der Waals surface area contributed by atoms with Gasteiger partial charge in [-0.3, -0.25) is 9.69 Å². The van der Waals surface area contributed by atoms with E-state index >= 15 is 0 Å². The van der Waals surface area contributed by atoms with Crippen LogP contribution < -0.4 is 0 Å². The van der Waals surface area contributed by atoms with Crippen molar-refractivity contribution < 1.29 is 9.90 Å². The van der Waals surface area contributed by atoms with Crippen molar-refractivity contribution in [2.24, 2.45) is 5.92 Å². The summed E-state index contributed by atoms with van der Waals surface area (Å²) in [7, 11) is 2.16. The maximum absolute atomic E-state index is 12.4. The van der Waals surface area contributed by atoms with Gasteiger partial charge in [0.1, 0.15) is 10.6 Å². The molecule has 3 heterocycles. The Kier molecular flexibility index (Phi) is 5.32. The Balaban J connectivity index is 1.33. The van der Waals surface area contributed by atoms with E-state index in [1.54, 1.807) is 11.3 Å². The van der Waals surface area contributed by atoms with Crippen LogP contribution in [0.2, 0.25) is 0 Å². The van der Waals surface area contributed by atoms with E-state index in [4.69, 9.17) is 4.98 Å². The zero-order valence-corrected chi connectivity index (χ0v) is 16.5. The summed E-state index contributed by atoms with van der Waals surface area (Å²) < 4.78 is 0. The van der Waals surface area contributed by atoms with E-state index in [1.807, 2.05) is 10.3 Å². The number of nitrogens with zero attached hydrogens (tertiary/aromatic N) is 4. The number of carbonyl (C=O) groups excluding carboxylic acids is 1. The van der Waals surface area contributed by atoms with Crippen LogP contribution in [-0.2, 0) is 16.9 Å². The van der Waals surface area contributed by atoms with Crippen molar-refractivity contribution in [2.75, 3.05) is 46.3 Å². The molecule has 6 nitrogen and oxygen atoms in total. The predicted molar refractivity (Wildman–Crippen MR) is 102 cm³/mol. The summed E-state index contributed by atoms with van der Waals surface area (Å²) in [6.45, 7) is 6.54. The van der Waals surface area contributed by atoms with Gasteiger partial charge in [-0.05, 0) is 32.7 Å². The SMILES string of the molecule is CN1CCN(Cc2nc(C3(O)CCN(C(=O)C4CCC4)CC3)cs2)CC1. The second-order valence-electron chi connectivity index (χ2n) is 8.19. The lowest BCUT2D eigenvalue weighted by atomic mass is 9.82. The van der Waals surface area contributed by atoms with Gasteiger partial charge >= 0.3 is 0 Å². The Hall–Kier alpha value is -1.02. The fourth-order valence-corrected chi connectivity index (χ4v) is 4.99. The number of aliphatic hydroxyl groups is 1. The third-order valence-corrected chi connectivity index (χ3v) is 7.17. The van der Waals surface area contributed by atoms with Gasteiger partial charge in [-0.1, -0.05) is 6.42 Å². The number of likely N-dealkylation sites (tertiary alicyclic amines) is 1. The van der Waals surface area contributed by atoms with Crippen molar-refractivity contribution in [1.29, 1.82) is 0 Å². The Bertz CT molecular complexity index is 629. The molecule has 1 aromatic heterocycles. The molecule has 26 heavy (non-hydrogen) atoms. The molecule has 144 valence electrons. The molecule has 0 bridgehead atoms. The third-order valence-electron chi connectivity index (χ3n) is 6.34. The van der Waals surface area contributed by atoms with Crippen LogP contribution in [0, 0.1) is 5.92 Å². The standard InChI is InChI=1S/C19H30N4O2S/c1-21-9-11-22(12-10-21)13-17-20-16(14-26-17)19(25)5-7-23(8-6-19)18(24)15-3-2-4-15/h14-15,25H,2-13H2,1H3. The van der Waals surface area contributed by atoms with E-state index in [2.05, 4.69) is 16.8 Å². The maximum Gasteiger partial charge on any atom is 0.225 e. The van der Waals surface area contributed by atoms with Crippen LogP contribution in [0.15, 0.2) is 5.38 Å². The second kappa shape index (κ2) is 7.54. The first kappa shape index (κ1) is 18.3. The smallest absolute Gasteiger partial charge is 0.225 e. The molecule has 0 radical (unpaired) electrons. The van der Waals surface area contributed by atoms with Gasteiger partial charge in [0.15, 0.2) is 0 Å². The molecule has 4 rings (SSSR count). The number of hydrogen-bond acceptors (Lipinski definition) is 6. The van der Waals surface area contributed by atoms with Crippen LogP contribution in [0.25, 0.3) is 0 Å². The molecule has 1 N–H and O–H groups in total. The van der Waals surface area contributed by atoms with Gasteiger partial charge in [0.25, 0.3) is 0 Å². The van der Waals surface area contributed by atoms with Gasteiger partial charge in [0.05, 0.1) is 12.2 Å². The lowest BCUT2D eigenvalue weighted by Gasteiger charge is -2.40. The van der Waals surface area contributed by atoms with Gasteiger partial charge in [-0.15, -0.1) is 11.3 Å². The second-order valence-corrected chi connectivity index (χ2v) is 9.13. The van der Waals surface area contributed by atoms with E-state index in [-0.39, 0.29) is 5.92 Å². The normalized spacial score (nSPS) is 25.2. The molecule has 0 aromatic carbocycles. The molecule has 2 saturated heterocycles. The Morgan fingerprint density at radius 1 is 1.23 bits per heavy atom. The number of aromatic nitrogens is 1. The first-order valence-corrected chi connectivity index (χ1v) is 10.8. The van der Waals surface area contributed by atoms with E-state index in [9.17, 15) is 9.90 Å². The molecule has 0 atom stereocenters. The van der Waals surface area contributed by atoms with Crippen LogP contribution in [0.1, 0.15) is 42.8 Å². The number of likely N-dealkylation sites (N-methyl/N-ethyl adjacent to an activating group) is 1. The van der Waals surface area contributed by atoms with Crippen LogP contribution in [0.3, 0.4) is 0 Å². The third kappa shape index (κ3) is 3.81. The summed E-state index contributed by atoms with van der Waals surface area (Å²) in [5, 5.41) is 14.2. The molecule has 3 aliphatic rings. The highest BCUT2D eigenvalue weighted by atomic mass is 32.1. The fourth-order valence-electron chi connectivity index (χ4n) is 4.06. The maximum atomic E-state index is 12.4. The molecular formula is C19H30N4O2S. The number of piperidine rings is 1. The first-order valence-electron chi connectivity index (χ1n) is 9.90. The molecule has 1 amide bonds. The van der Waals surface area contributed by atoms with Crippen LogP contribution in [0.5, 0.6) is 0 Å². The number of carbonyl (C=O) groups is 1. The number of thiazole rings is 1. The van der Waals surface area contributed by atoms with E-state index in [1.165, 1.54) is 6.42 Å². The molecule has 3 fully saturated rings. The molecule has 2 aliphatic heterocycles. The summed E-state index contributed by atoms with van der Waals surface area (Å²) in [4.78, 5) is 23.9. The summed E-state index contributed by atoms with van der Waals surface area (Å²) in [5.74, 6) is 0.544. The van der Waals surface area contributed by atoms with Gasteiger partial charge < -0.3 is 14.9 Å². The highest BCUT2D eigenvalue weighted by Gasteiger charge is 2.39. The van der Waals surface area contributed by atoms with E-state index in [0.29, 0.717) is 31.8 Å². The number of amides is 1. The molecule has 0 unspecified atom stereocenters. The van der Waals surface area contributed by atoms with Crippen LogP contribution >= 0.6 is 11.3 Å². The minimum Gasteiger partial charge on any atom is -0.383 e. The van der Waals surface area contributed by atoms with Crippen molar-refractivity contribution in [3.63, 3.8) is 0 Å². The van der Waals surface area contributed by atoms with Crippen molar-refractivity contribution in [2.45, 2.75) is 44.2 Å². The Morgan fingerprint density at radius 2 is 1.92 bits per heavy atom. The van der Waals surface area contributed by atoms with Gasteiger partial charge in [-0.2, -0.15) is 0 Å². The van der Waals surface area contributed by atoms with Gasteiger partial charge in [-0.25, -0.2) is 4.98 Å². The Morgan fingerprint density at radius 3 is 2.54 bits per heavy atom. The molecule has 1 saturated carbocycles. The minimum atomic E-state index is -0.868. The van der Waals surface area contributed by atoms with Crippen LogP contribution in [-0.4, -0.2) is 77.0 Å². The van der Waals surface area contributed by atoms with Crippen molar-refractivity contribution in [1.82, 2.24) is 19.7 Å². The summed E-state index contributed by atoms with van der Waals surface area (Å²) in [6.07, 6.45) is 4.47. The zero-order chi connectivity index (χ0) is 18.1. The molecule has 1 aliphatic carbocycles. The fraction of sp³-hybridized carbons (Fsp3) is 0.789.